The molecule has 4 aromatic rings. The van der Waals surface area contributed by atoms with Gasteiger partial charge in [-0.05, 0) is 60.9 Å². The summed E-state index contributed by atoms with van der Waals surface area (Å²) < 4.78 is 14.0. The molecule has 35 heavy (non-hydrogen) atoms. The van der Waals surface area contributed by atoms with Crippen molar-refractivity contribution in [3.05, 3.63) is 114 Å². The number of nitrogens with zero attached hydrogens (tertiary/aromatic N) is 4. The molecule has 5 nitrogen and oxygen atoms in total. The molecule has 0 aliphatic carbocycles. The summed E-state index contributed by atoms with van der Waals surface area (Å²) in [6.07, 6.45) is 6.64. The molecule has 1 fully saturated rings. The first kappa shape index (κ1) is 22.9. The molecule has 1 aliphatic heterocycles. The number of rotatable bonds is 6. The predicted molar refractivity (Wildman–Crippen MR) is 135 cm³/mol. The number of piperidine rings is 1. The first-order valence-electron chi connectivity index (χ1n) is 11.9. The summed E-state index contributed by atoms with van der Waals surface area (Å²) in [5.41, 5.74) is 4.41. The van der Waals surface area contributed by atoms with Gasteiger partial charge in [0, 0.05) is 55.5 Å². The van der Waals surface area contributed by atoms with Crippen LogP contribution in [-0.4, -0.2) is 39.9 Å². The van der Waals surface area contributed by atoms with Crippen LogP contribution in [0.1, 0.15) is 28.8 Å². The van der Waals surface area contributed by atoms with Crippen LogP contribution in [0.2, 0.25) is 0 Å². The molecule has 1 amide bonds. The van der Waals surface area contributed by atoms with Gasteiger partial charge in [0.1, 0.15) is 5.82 Å². The van der Waals surface area contributed by atoms with Gasteiger partial charge in [-0.25, -0.2) is 4.39 Å². The fourth-order valence-corrected chi connectivity index (χ4v) is 4.66. The van der Waals surface area contributed by atoms with Crippen LogP contribution in [0, 0.1) is 5.82 Å². The first-order valence-corrected chi connectivity index (χ1v) is 11.9. The Bertz CT molecular complexity index is 1260. The standard InChI is InChI=1S/C29H27FN4O/c30-25-6-3-7-27(19-25)34(29(35)24-5-4-15-31-20-24)26-13-17-33(18-14-26)21-22-9-11-23(12-10-22)28-8-1-2-16-32-28/h1-12,15-16,19-20,26H,13-14,17-18,21H2. The fourth-order valence-electron chi connectivity index (χ4n) is 4.66. The molecule has 5 rings (SSSR count). The SMILES string of the molecule is O=C(c1cccnc1)N(c1cccc(F)c1)C1CCN(Cc2ccc(-c3ccccn3)cc2)CC1. The smallest absolute Gasteiger partial charge is 0.260 e. The van der Waals surface area contributed by atoms with E-state index in [0.29, 0.717) is 11.3 Å². The Labute approximate surface area is 204 Å². The average Bonchev–Trinajstić information content (AvgIpc) is 2.91. The van der Waals surface area contributed by atoms with Gasteiger partial charge >= 0.3 is 0 Å². The van der Waals surface area contributed by atoms with Crippen LogP contribution in [-0.2, 0) is 6.54 Å². The molecule has 1 saturated heterocycles. The Hall–Kier alpha value is -3.90. The number of pyridine rings is 2. The van der Waals surface area contributed by atoms with Crippen molar-refractivity contribution < 1.29 is 9.18 Å². The van der Waals surface area contributed by atoms with Crippen LogP contribution in [0.25, 0.3) is 11.3 Å². The summed E-state index contributed by atoms with van der Waals surface area (Å²) in [7, 11) is 0. The van der Waals surface area contributed by atoms with E-state index >= 15 is 0 Å². The molecule has 176 valence electrons. The third kappa shape index (κ3) is 5.44. The number of benzene rings is 2. The maximum absolute atomic E-state index is 14.0. The summed E-state index contributed by atoms with van der Waals surface area (Å²) in [6.45, 7) is 2.57. The molecule has 0 saturated carbocycles. The van der Waals surface area contributed by atoms with Crippen molar-refractivity contribution in [2.24, 2.45) is 0 Å². The number of likely N-dealkylation sites (tertiary alicyclic amines) is 1. The maximum Gasteiger partial charge on any atom is 0.260 e. The van der Waals surface area contributed by atoms with Gasteiger partial charge in [0.15, 0.2) is 0 Å². The van der Waals surface area contributed by atoms with E-state index in [9.17, 15) is 9.18 Å². The van der Waals surface area contributed by atoms with Crippen molar-refractivity contribution >= 4 is 11.6 Å². The molecule has 3 heterocycles. The number of carbonyl (C=O) groups excluding carboxylic acids is 1. The molecule has 2 aromatic heterocycles. The Morgan fingerprint density at radius 1 is 0.943 bits per heavy atom. The lowest BCUT2D eigenvalue weighted by Crippen LogP contribution is -2.47. The monoisotopic (exact) mass is 466 g/mol. The minimum Gasteiger partial charge on any atom is -0.305 e. The van der Waals surface area contributed by atoms with Crippen LogP contribution in [0.4, 0.5) is 10.1 Å². The van der Waals surface area contributed by atoms with Gasteiger partial charge in [0.05, 0.1) is 11.3 Å². The average molecular weight is 467 g/mol. The number of aromatic nitrogens is 2. The van der Waals surface area contributed by atoms with Crippen molar-refractivity contribution in [2.45, 2.75) is 25.4 Å². The summed E-state index contributed by atoms with van der Waals surface area (Å²) in [4.78, 5) is 26.1. The summed E-state index contributed by atoms with van der Waals surface area (Å²) >= 11 is 0. The summed E-state index contributed by atoms with van der Waals surface area (Å²) in [5, 5.41) is 0. The van der Waals surface area contributed by atoms with E-state index < -0.39 is 0 Å². The highest BCUT2D eigenvalue weighted by Gasteiger charge is 2.30. The van der Waals surface area contributed by atoms with E-state index in [1.165, 1.54) is 17.7 Å². The van der Waals surface area contributed by atoms with Crippen molar-refractivity contribution in [1.82, 2.24) is 14.9 Å². The highest BCUT2D eigenvalue weighted by molar-refractivity contribution is 6.06. The molecule has 0 N–H and O–H groups in total. The van der Waals surface area contributed by atoms with Gasteiger partial charge in [0.2, 0.25) is 0 Å². The molecule has 6 heteroatoms. The van der Waals surface area contributed by atoms with E-state index in [0.717, 1.165) is 43.7 Å². The van der Waals surface area contributed by atoms with Gasteiger partial charge in [-0.2, -0.15) is 0 Å². The zero-order valence-corrected chi connectivity index (χ0v) is 19.4. The lowest BCUT2D eigenvalue weighted by molar-refractivity contribution is 0.0958. The van der Waals surface area contributed by atoms with E-state index in [-0.39, 0.29) is 17.8 Å². The molecular formula is C29H27FN4O. The van der Waals surface area contributed by atoms with Crippen molar-refractivity contribution in [1.29, 1.82) is 0 Å². The fraction of sp³-hybridized carbons (Fsp3) is 0.207. The molecule has 0 radical (unpaired) electrons. The van der Waals surface area contributed by atoms with Gasteiger partial charge in [-0.3, -0.25) is 19.7 Å². The predicted octanol–water partition coefficient (Wildman–Crippen LogP) is 5.59. The van der Waals surface area contributed by atoms with Crippen LogP contribution < -0.4 is 4.90 Å². The van der Waals surface area contributed by atoms with E-state index in [4.69, 9.17) is 0 Å². The molecule has 0 atom stereocenters. The summed E-state index contributed by atoms with van der Waals surface area (Å²) in [6, 6.07) is 24.2. The molecular weight excluding hydrogens is 439 g/mol. The van der Waals surface area contributed by atoms with Crippen molar-refractivity contribution in [3.63, 3.8) is 0 Å². The minimum absolute atomic E-state index is 0.00714. The lowest BCUT2D eigenvalue weighted by atomic mass is 10.00. The van der Waals surface area contributed by atoms with Gasteiger partial charge in [-0.15, -0.1) is 0 Å². The topological polar surface area (TPSA) is 49.3 Å². The number of amides is 1. The van der Waals surface area contributed by atoms with E-state index in [2.05, 4.69) is 39.1 Å². The van der Waals surface area contributed by atoms with Crippen LogP contribution in [0.5, 0.6) is 0 Å². The first-order chi connectivity index (χ1) is 17.2. The highest BCUT2D eigenvalue weighted by Crippen LogP contribution is 2.27. The van der Waals surface area contributed by atoms with Crippen LogP contribution in [0.3, 0.4) is 0 Å². The third-order valence-electron chi connectivity index (χ3n) is 6.46. The number of anilines is 1. The quantitative estimate of drug-likeness (QED) is 0.372. The van der Waals surface area contributed by atoms with E-state index in [1.54, 1.807) is 47.8 Å². The molecule has 2 aromatic carbocycles. The van der Waals surface area contributed by atoms with Crippen LogP contribution >= 0.6 is 0 Å². The largest absolute Gasteiger partial charge is 0.305 e. The molecule has 0 unspecified atom stereocenters. The Morgan fingerprint density at radius 3 is 2.46 bits per heavy atom. The van der Waals surface area contributed by atoms with Gasteiger partial charge < -0.3 is 4.90 Å². The van der Waals surface area contributed by atoms with Gasteiger partial charge in [-0.1, -0.05) is 36.4 Å². The Balaban J connectivity index is 1.27. The number of halogens is 1. The van der Waals surface area contributed by atoms with Crippen molar-refractivity contribution in [2.75, 3.05) is 18.0 Å². The molecule has 0 bridgehead atoms. The number of hydrogen-bond donors (Lipinski definition) is 0. The zero-order chi connectivity index (χ0) is 24.0. The second-order valence-corrected chi connectivity index (χ2v) is 8.82. The van der Waals surface area contributed by atoms with Crippen LogP contribution in [0.15, 0.2) is 97.5 Å². The minimum atomic E-state index is -0.349. The number of hydrogen-bond acceptors (Lipinski definition) is 4. The summed E-state index contributed by atoms with van der Waals surface area (Å²) in [5.74, 6) is -0.495. The second kappa shape index (κ2) is 10.6. The number of carbonyl (C=O) groups is 1. The molecule has 1 aliphatic rings. The lowest BCUT2D eigenvalue weighted by Gasteiger charge is -2.38. The normalized spacial score (nSPS) is 14.5. The molecule has 0 spiro atoms. The highest BCUT2D eigenvalue weighted by atomic mass is 19.1. The Kier molecular flexibility index (Phi) is 6.91. The van der Waals surface area contributed by atoms with E-state index in [1.807, 2.05) is 18.2 Å². The van der Waals surface area contributed by atoms with Crippen molar-refractivity contribution in [3.8, 4) is 11.3 Å². The third-order valence-corrected chi connectivity index (χ3v) is 6.46. The second-order valence-electron chi connectivity index (χ2n) is 8.82. The maximum atomic E-state index is 14.0. The van der Waals surface area contributed by atoms with Gasteiger partial charge in [0.25, 0.3) is 5.91 Å². The Morgan fingerprint density at radius 2 is 1.77 bits per heavy atom. The zero-order valence-electron chi connectivity index (χ0n) is 19.4.